The summed E-state index contributed by atoms with van der Waals surface area (Å²) in [6.07, 6.45) is 4.48. The zero-order valence-electron chi connectivity index (χ0n) is 33.3. The van der Waals surface area contributed by atoms with Gasteiger partial charge in [0.15, 0.2) is 12.4 Å². The SMILES string of the molecule is C/C=C(/C)C(=O)O[C@H](C)[C@H](OC(=O)/C(C)=C\C)C12C(O)O[C@@]3(CCC4[C@@]5(C)CC[C@H](O)C(C)(C)C5CC[C@@]4(C)[C@]3(C)C[C@H]1O)C2CC(C)(C)C. The second-order valence-corrected chi connectivity index (χ2v) is 19.6. The van der Waals surface area contributed by atoms with Crippen molar-refractivity contribution >= 4 is 11.9 Å². The van der Waals surface area contributed by atoms with Gasteiger partial charge < -0.3 is 29.5 Å². The highest BCUT2D eigenvalue weighted by Gasteiger charge is 2.83. The first-order valence-corrected chi connectivity index (χ1v) is 19.3. The molecule has 0 aromatic heterocycles. The van der Waals surface area contributed by atoms with Crippen LogP contribution in [0.2, 0.25) is 0 Å². The standard InChI is InChI=1S/C42H68O8/c1-14-24(3)33(45)48-26(5)32(49-34(46)25(4)15-2)42-29(22-36(6,7)8)41(50-35(42)47)21-17-28-38(11)19-18-30(43)37(9,10)27(38)16-20-39(28,12)40(41,13)23-31(42)44/h14-15,26-32,35,43-44,47H,16-23H2,1-13H3/b24-14-,25-15-/t26-,27?,28?,29?,30+,31-,32+,35?,38+,39-,40+,41+,42?/m1/s1. The van der Waals surface area contributed by atoms with Crippen molar-refractivity contribution in [1.82, 2.24) is 0 Å². The number of allylic oxidation sites excluding steroid dienone is 2. The summed E-state index contributed by atoms with van der Waals surface area (Å²) in [6.45, 7) is 26.7. The molecule has 8 heteroatoms. The Bertz CT molecular complexity index is 1410. The van der Waals surface area contributed by atoms with Crippen molar-refractivity contribution in [2.24, 2.45) is 50.2 Å². The van der Waals surface area contributed by atoms with Crippen molar-refractivity contribution in [2.75, 3.05) is 0 Å². The molecule has 50 heavy (non-hydrogen) atoms. The number of ether oxygens (including phenoxy) is 3. The average Bonchev–Trinajstić information content (AvgIpc) is 3.21. The molecule has 5 aliphatic rings. The van der Waals surface area contributed by atoms with Crippen LogP contribution in [0.25, 0.3) is 0 Å². The Kier molecular flexibility index (Phi) is 10.0. The molecule has 5 unspecified atom stereocenters. The molecule has 8 nitrogen and oxygen atoms in total. The molecule has 0 aromatic carbocycles. The molecule has 1 heterocycles. The number of hydrogen-bond acceptors (Lipinski definition) is 8. The maximum atomic E-state index is 13.6. The molecule has 1 saturated heterocycles. The van der Waals surface area contributed by atoms with E-state index >= 15 is 0 Å². The van der Waals surface area contributed by atoms with Gasteiger partial charge in [-0.2, -0.15) is 0 Å². The number of fused-ring (bicyclic) bond motifs is 5. The van der Waals surface area contributed by atoms with Gasteiger partial charge in [-0.15, -0.1) is 0 Å². The van der Waals surface area contributed by atoms with Gasteiger partial charge in [-0.25, -0.2) is 9.59 Å². The minimum atomic E-state index is -1.46. The van der Waals surface area contributed by atoms with E-state index in [0.29, 0.717) is 42.2 Å². The van der Waals surface area contributed by atoms with E-state index in [1.807, 2.05) is 0 Å². The molecule has 5 rings (SSSR count). The molecule has 0 amide bonds. The Labute approximate surface area is 301 Å². The molecule has 0 radical (unpaired) electrons. The van der Waals surface area contributed by atoms with Crippen LogP contribution in [-0.4, -0.2) is 63.6 Å². The molecule has 4 saturated carbocycles. The number of carbonyl (C=O) groups is 2. The summed E-state index contributed by atoms with van der Waals surface area (Å²) in [5, 5.41) is 36.6. The minimum Gasteiger partial charge on any atom is -0.455 e. The summed E-state index contributed by atoms with van der Waals surface area (Å²) >= 11 is 0. The summed E-state index contributed by atoms with van der Waals surface area (Å²) in [6, 6.07) is 0. The largest absolute Gasteiger partial charge is 0.455 e. The van der Waals surface area contributed by atoms with Crippen LogP contribution in [0.4, 0.5) is 0 Å². The van der Waals surface area contributed by atoms with Crippen LogP contribution in [0.15, 0.2) is 23.3 Å². The van der Waals surface area contributed by atoms with Gasteiger partial charge in [-0.05, 0) is 119 Å². The summed E-state index contributed by atoms with van der Waals surface area (Å²) in [7, 11) is 0. The summed E-state index contributed by atoms with van der Waals surface area (Å²) in [4.78, 5) is 26.8. The van der Waals surface area contributed by atoms with E-state index in [1.165, 1.54) is 0 Å². The lowest BCUT2D eigenvalue weighted by Crippen LogP contribution is -2.75. The summed E-state index contributed by atoms with van der Waals surface area (Å²) in [5.74, 6) is -0.826. The first kappa shape index (κ1) is 39.5. The number of aliphatic hydroxyl groups is 3. The third-order valence-corrected chi connectivity index (χ3v) is 15.9. The zero-order chi connectivity index (χ0) is 37.6. The third kappa shape index (κ3) is 5.34. The molecule has 2 bridgehead atoms. The van der Waals surface area contributed by atoms with Gasteiger partial charge in [0.25, 0.3) is 0 Å². The van der Waals surface area contributed by atoms with Crippen molar-refractivity contribution in [3.8, 4) is 0 Å². The molecule has 1 spiro atoms. The van der Waals surface area contributed by atoms with Crippen molar-refractivity contribution in [1.29, 1.82) is 0 Å². The fourth-order valence-corrected chi connectivity index (χ4v) is 12.9. The van der Waals surface area contributed by atoms with Gasteiger partial charge in [-0.1, -0.05) is 67.5 Å². The van der Waals surface area contributed by atoms with Crippen molar-refractivity contribution in [3.05, 3.63) is 23.3 Å². The van der Waals surface area contributed by atoms with Gasteiger partial charge in [0.05, 0.1) is 23.2 Å². The fraction of sp³-hybridized carbons (Fsp3) is 0.857. The zero-order valence-corrected chi connectivity index (χ0v) is 33.3. The van der Waals surface area contributed by atoms with Crippen LogP contribution in [0.3, 0.4) is 0 Å². The minimum absolute atomic E-state index is 0.00599. The van der Waals surface area contributed by atoms with Crippen molar-refractivity contribution in [3.63, 3.8) is 0 Å². The van der Waals surface area contributed by atoms with E-state index in [9.17, 15) is 24.9 Å². The number of rotatable bonds is 7. The Morgan fingerprint density at radius 3 is 1.96 bits per heavy atom. The molecule has 5 fully saturated rings. The smallest absolute Gasteiger partial charge is 0.333 e. The fourth-order valence-electron chi connectivity index (χ4n) is 12.9. The van der Waals surface area contributed by atoms with E-state index in [0.717, 1.165) is 32.1 Å². The number of aliphatic hydroxyl groups excluding tert-OH is 3. The normalized spacial score (nSPS) is 45.4. The van der Waals surface area contributed by atoms with E-state index in [1.54, 1.807) is 46.8 Å². The number of hydrogen-bond donors (Lipinski definition) is 3. The van der Waals surface area contributed by atoms with Gasteiger partial charge >= 0.3 is 11.9 Å². The second-order valence-electron chi connectivity index (χ2n) is 19.6. The van der Waals surface area contributed by atoms with Gasteiger partial charge in [0.1, 0.15) is 6.10 Å². The highest BCUT2D eigenvalue weighted by atomic mass is 16.6. The monoisotopic (exact) mass is 700 g/mol. The lowest BCUT2D eigenvalue weighted by atomic mass is 9.31. The molecule has 284 valence electrons. The predicted molar refractivity (Wildman–Crippen MR) is 194 cm³/mol. The molecule has 1 aliphatic heterocycles. The number of esters is 2. The first-order chi connectivity index (χ1) is 22.9. The lowest BCUT2D eigenvalue weighted by Gasteiger charge is -2.74. The van der Waals surface area contributed by atoms with Gasteiger partial charge in [0.2, 0.25) is 0 Å². The topological polar surface area (TPSA) is 123 Å². The second kappa shape index (κ2) is 12.7. The molecule has 3 N–H and O–H groups in total. The van der Waals surface area contributed by atoms with E-state index in [2.05, 4.69) is 55.4 Å². The van der Waals surface area contributed by atoms with E-state index in [4.69, 9.17) is 14.2 Å². The average molecular weight is 701 g/mol. The Morgan fingerprint density at radius 2 is 1.40 bits per heavy atom. The van der Waals surface area contributed by atoms with E-state index < -0.39 is 58.9 Å². The molecule has 4 aliphatic carbocycles. The quantitative estimate of drug-likeness (QED) is 0.183. The summed E-state index contributed by atoms with van der Waals surface area (Å²) in [5.41, 5.74) is -2.69. The number of carbonyl (C=O) groups excluding carboxylic acids is 2. The molecule has 13 atom stereocenters. The van der Waals surface area contributed by atoms with Crippen LogP contribution in [0.5, 0.6) is 0 Å². The van der Waals surface area contributed by atoms with Gasteiger partial charge in [-0.3, -0.25) is 0 Å². The first-order valence-electron chi connectivity index (χ1n) is 19.3. The van der Waals surface area contributed by atoms with Crippen LogP contribution in [0.1, 0.15) is 141 Å². The lowest BCUT2D eigenvalue weighted by molar-refractivity contribution is -0.303. The van der Waals surface area contributed by atoms with Crippen LogP contribution in [-0.2, 0) is 23.8 Å². The van der Waals surface area contributed by atoms with E-state index in [-0.39, 0.29) is 27.8 Å². The van der Waals surface area contributed by atoms with Gasteiger partial charge in [0, 0.05) is 22.5 Å². The molecular weight excluding hydrogens is 632 g/mol. The highest BCUT2D eigenvalue weighted by Crippen LogP contribution is 2.80. The summed E-state index contributed by atoms with van der Waals surface area (Å²) < 4.78 is 19.5. The van der Waals surface area contributed by atoms with Crippen LogP contribution < -0.4 is 0 Å². The highest BCUT2D eigenvalue weighted by molar-refractivity contribution is 5.88. The van der Waals surface area contributed by atoms with Crippen LogP contribution in [0, 0.1) is 50.2 Å². The van der Waals surface area contributed by atoms with Crippen LogP contribution >= 0.6 is 0 Å². The van der Waals surface area contributed by atoms with Crippen molar-refractivity contribution < 1.29 is 39.1 Å². The Morgan fingerprint density at radius 1 is 0.840 bits per heavy atom. The Balaban J connectivity index is 1.69. The maximum absolute atomic E-state index is 13.6. The Hall–Kier alpha value is -1.74. The maximum Gasteiger partial charge on any atom is 0.333 e. The molecule has 0 aromatic rings. The molecular formula is C42H68O8. The third-order valence-electron chi connectivity index (χ3n) is 15.9. The van der Waals surface area contributed by atoms with Crippen molar-refractivity contribution in [2.45, 2.75) is 178 Å². The predicted octanol–water partition coefficient (Wildman–Crippen LogP) is 7.67.